The van der Waals surface area contributed by atoms with Crippen LogP contribution in [-0.2, 0) is 9.47 Å². The highest BCUT2D eigenvalue weighted by Gasteiger charge is 2.11. The molecular formula is C25H34O5. The third-order valence-electron chi connectivity index (χ3n) is 4.83. The highest BCUT2D eigenvalue weighted by molar-refractivity contribution is 5.67. The summed E-state index contributed by atoms with van der Waals surface area (Å²) in [4.78, 5) is 12.1. The predicted octanol–water partition coefficient (Wildman–Crippen LogP) is 7.02. The summed E-state index contributed by atoms with van der Waals surface area (Å²) in [7, 11) is 0. The summed E-state index contributed by atoms with van der Waals surface area (Å²) in [5.41, 5.74) is 2.08. The van der Waals surface area contributed by atoms with Crippen LogP contribution in [0.5, 0.6) is 11.5 Å². The Morgan fingerprint density at radius 1 is 0.700 bits per heavy atom. The van der Waals surface area contributed by atoms with Crippen LogP contribution in [-0.4, -0.2) is 19.4 Å². The fourth-order valence-corrected chi connectivity index (χ4v) is 2.83. The first-order valence-corrected chi connectivity index (χ1v) is 10.9. The van der Waals surface area contributed by atoms with Crippen molar-refractivity contribution in [3.8, 4) is 11.5 Å². The summed E-state index contributed by atoms with van der Waals surface area (Å²) in [6.07, 6.45) is 3.54. The molecule has 0 aliphatic heterocycles. The van der Waals surface area contributed by atoms with E-state index in [0.717, 1.165) is 50.0 Å². The Morgan fingerprint density at radius 3 is 1.40 bits per heavy atom. The number of unbranched alkanes of at least 4 members (excludes halogenated alkanes) is 2. The van der Waals surface area contributed by atoms with Crippen molar-refractivity contribution in [3.63, 3.8) is 0 Å². The minimum absolute atomic E-state index is 0.00408. The third-order valence-corrected chi connectivity index (χ3v) is 4.83. The van der Waals surface area contributed by atoms with Gasteiger partial charge in [0.25, 0.3) is 0 Å². The van der Waals surface area contributed by atoms with Gasteiger partial charge in [0.2, 0.25) is 0 Å². The Bertz CT molecular complexity index is 676. The minimum Gasteiger partial charge on any atom is -0.395 e. The number of rotatable bonds is 12. The smallest absolute Gasteiger partial charge is 0.395 e. The maximum absolute atomic E-state index is 12.1. The molecule has 30 heavy (non-hydrogen) atoms. The Balaban J connectivity index is 1.82. The molecular weight excluding hydrogens is 380 g/mol. The molecule has 164 valence electrons. The van der Waals surface area contributed by atoms with Crippen molar-refractivity contribution in [2.45, 2.75) is 65.6 Å². The highest BCUT2D eigenvalue weighted by atomic mass is 16.7. The molecule has 0 amide bonds. The Morgan fingerprint density at radius 2 is 1.07 bits per heavy atom. The number of carbonyl (C=O) groups excluding carboxylic acids is 1. The van der Waals surface area contributed by atoms with Gasteiger partial charge >= 0.3 is 6.16 Å². The number of ether oxygens (including phenoxy) is 4. The van der Waals surface area contributed by atoms with Gasteiger partial charge < -0.3 is 18.9 Å². The first kappa shape index (κ1) is 23.9. The lowest BCUT2D eigenvalue weighted by molar-refractivity contribution is 0.0635. The molecule has 2 aromatic rings. The van der Waals surface area contributed by atoms with Gasteiger partial charge in [0.15, 0.2) is 0 Å². The first-order chi connectivity index (χ1) is 14.5. The van der Waals surface area contributed by atoms with E-state index in [-0.39, 0.29) is 12.2 Å². The van der Waals surface area contributed by atoms with E-state index in [1.54, 1.807) is 24.3 Å². The summed E-state index contributed by atoms with van der Waals surface area (Å²) in [6.45, 7) is 9.78. The first-order valence-electron chi connectivity index (χ1n) is 10.9. The molecule has 0 radical (unpaired) electrons. The maximum Gasteiger partial charge on any atom is 0.519 e. The molecule has 2 aromatic carbocycles. The van der Waals surface area contributed by atoms with E-state index in [2.05, 4.69) is 13.8 Å². The molecule has 5 nitrogen and oxygen atoms in total. The normalized spacial score (nSPS) is 12.9. The lowest BCUT2D eigenvalue weighted by atomic mass is 10.1. The van der Waals surface area contributed by atoms with Crippen LogP contribution in [0, 0.1) is 0 Å². The SMILES string of the molecule is CCCCOC(C)c1ccc(OC(=O)Oc2ccc(C(C)OCCCC)cc2)cc1. The fourth-order valence-electron chi connectivity index (χ4n) is 2.83. The highest BCUT2D eigenvalue weighted by Crippen LogP contribution is 2.23. The fraction of sp³-hybridized carbons (Fsp3) is 0.480. The van der Waals surface area contributed by atoms with Crippen molar-refractivity contribution < 1.29 is 23.7 Å². The van der Waals surface area contributed by atoms with E-state index in [1.165, 1.54) is 0 Å². The molecule has 0 heterocycles. The largest absolute Gasteiger partial charge is 0.519 e. The van der Waals surface area contributed by atoms with Crippen molar-refractivity contribution in [2.24, 2.45) is 0 Å². The van der Waals surface area contributed by atoms with E-state index >= 15 is 0 Å². The van der Waals surface area contributed by atoms with E-state index in [0.29, 0.717) is 11.5 Å². The second kappa shape index (κ2) is 13.0. The van der Waals surface area contributed by atoms with Crippen LogP contribution >= 0.6 is 0 Å². The molecule has 2 unspecified atom stereocenters. The van der Waals surface area contributed by atoms with Gasteiger partial charge in [-0.3, -0.25) is 0 Å². The van der Waals surface area contributed by atoms with E-state index in [4.69, 9.17) is 18.9 Å². The van der Waals surface area contributed by atoms with Crippen LogP contribution in [0.25, 0.3) is 0 Å². The zero-order chi connectivity index (χ0) is 21.8. The van der Waals surface area contributed by atoms with Crippen LogP contribution in [0.3, 0.4) is 0 Å². The predicted molar refractivity (Wildman–Crippen MR) is 118 cm³/mol. The zero-order valence-electron chi connectivity index (χ0n) is 18.6. The number of hydrogen-bond acceptors (Lipinski definition) is 5. The molecule has 0 bridgehead atoms. The molecule has 0 fully saturated rings. The average Bonchev–Trinajstić information content (AvgIpc) is 2.75. The molecule has 0 saturated carbocycles. The summed E-state index contributed by atoms with van der Waals surface area (Å²) in [5.74, 6) is 0.859. The lowest BCUT2D eigenvalue weighted by Crippen LogP contribution is -2.14. The standard InChI is InChI=1S/C25H34O5/c1-5-7-17-27-19(3)21-9-13-23(14-10-21)29-25(26)30-24-15-11-22(12-16-24)20(4)28-18-8-6-2/h9-16,19-20H,5-8,17-18H2,1-4H3. The maximum atomic E-state index is 12.1. The molecule has 0 saturated heterocycles. The second-order valence-corrected chi connectivity index (χ2v) is 7.33. The topological polar surface area (TPSA) is 54.0 Å². The van der Waals surface area contributed by atoms with Crippen LogP contribution in [0.1, 0.15) is 76.7 Å². The lowest BCUT2D eigenvalue weighted by Gasteiger charge is -2.14. The van der Waals surface area contributed by atoms with Crippen molar-refractivity contribution in [1.82, 2.24) is 0 Å². The molecule has 2 rings (SSSR count). The van der Waals surface area contributed by atoms with Gasteiger partial charge in [-0.05, 0) is 62.1 Å². The van der Waals surface area contributed by atoms with Crippen molar-refractivity contribution in [1.29, 1.82) is 0 Å². The molecule has 0 aliphatic carbocycles. The molecule has 5 heteroatoms. The quantitative estimate of drug-likeness (QED) is 0.212. The molecule has 0 spiro atoms. The Hall–Kier alpha value is -2.37. The van der Waals surface area contributed by atoms with E-state index < -0.39 is 6.16 Å². The van der Waals surface area contributed by atoms with Crippen molar-refractivity contribution in [2.75, 3.05) is 13.2 Å². The summed E-state index contributed by atoms with van der Waals surface area (Å²) >= 11 is 0. The summed E-state index contributed by atoms with van der Waals surface area (Å²) in [5, 5.41) is 0. The van der Waals surface area contributed by atoms with Crippen LogP contribution in [0.2, 0.25) is 0 Å². The molecule has 0 N–H and O–H groups in total. The summed E-state index contributed by atoms with van der Waals surface area (Å²) in [6, 6.07) is 14.6. The van der Waals surface area contributed by atoms with E-state index in [9.17, 15) is 4.79 Å². The Labute approximate surface area is 180 Å². The average molecular weight is 415 g/mol. The van der Waals surface area contributed by atoms with Crippen LogP contribution < -0.4 is 9.47 Å². The number of carbonyl (C=O) groups is 1. The van der Waals surface area contributed by atoms with Gasteiger partial charge in [-0.25, -0.2) is 4.79 Å². The summed E-state index contributed by atoms with van der Waals surface area (Å²) < 4.78 is 22.1. The van der Waals surface area contributed by atoms with Gasteiger partial charge in [0.1, 0.15) is 11.5 Å². The van der Waals surface area contributed by atoms with Crippen molar-refractivity contribution in [3.05, 3.63) is 59.7 Å². The van der Waals surface area contributed by atoms with Gasteiger partial charge in [-0.1, -0.05) is 51.0 Å². The van der Waals surface area contributed by atoms with Crippen LogP contribution in [0.4, 0.5) is 4.79 Å². The Kier molecular flexibility index (Phi) is 10.4. The van der Waals surface area contributed by atoms with E-state index in [1.807, 2.05) is 38.1 Å². The van der Waals surface area contributed by atoms with Crippen molar-refractivity contribution >= 4 is 6.16 Å². The molecule has 2 atom stereocenters. The zero-order valence-corrected chi connectivity index (χ0v) is 18.6. The number of hydrogen-bond donors (Lipinski definition) is 0. The third kappa shape index (κ3) is 8.17. The molecule has 0 aliphatic rings. The monoisotopic (exact) mass is 414 g/mol. The van der Waals surface area contributed by atoms with Gasteiger partial charge in [0.05, 0.1) is 12.2 Å². The molecule has 0 aromatic heterocycles. The number of benzene rings is 2. The second-order valence-electron chi connectivity index (χ2n) is 7.33. The van der Waals surface area contributed by atoms with Gasteiger partial charge in [-0.2, -0.15) is 0 Å². The minimum atomic E-state index is -0.769. The van der Waals surface area contributed by atoms with Gasteiger partial charge in [-0.15, -0.1) is 0 Å². The van der Waals surface area contributed by atoms with Crippen LogP contribution in [0.15, 0.2) is 48.5 Å². The van der Waals surface area contributed by atoms with Gasteiger partial charge in [0, 0.05) is 13.2 Å².